The third-order valence-electron chi connectivity index (χ3n) is 3.08. The molecular weight excluding hydrogens is 246 g/mol. The first-order valence-electron chi connectivity index (χ1n) is 5.57. The van der Waals surface area contributed by atoms with Crippen molar-refractivity contribution < 1.29 is 4.92 Å². The zero-order valence-electron chi connectivity index (χ0n) is 9.71. The summed E-state index contributed by atoms with van der Waals surface area (Å²) in [6, 6.07) is 9.74. The molecule has 6 heteroatoms. The first kappa shape index (κ1) is 11.2. The predicted octanol–water partition coefficient (Wildman–Crippen LogP) is 2.17. The van der Waals surface area contributed by atoms with Gasteiger partial charge in [0.2, 0.25) is 0 Å². The number of rotatable bonds is 1. The van der Waals surface area contributed by atoms with E-state index in [2.05, 4.69) is 4.98 Å². The standard InChI is InChI=1S/C13H9N3O3/c14-9-5-6-10-11(12(9)16(18)19)7-3-1-2-4-8(7)13(17)15-10/h1-6H,14H2,(H,15,17). The number of aromatic nitrogens is 1. The van der Waals surface area contributed by atoms with Crippen molar-refractivity contribution >= 4 is 33.1 Å². The molecule has 3 rings (SSSR count). The van der Waals surface area contributed by atoms with Crippen molar-refractivity contribution in [1.82, 2.24) is 4.98 Å². The summed E-state index contributed by atoms with van der Waals surface area (Å²) in [5.41, 5.74) is 5.72. The lowest BCUT2D eigenvalue weighted by molar-refractivity contribution is -0.382. The van der Waals surface area contributed by atoms with Crippen LogP contribution in [0.4, 0.5) is 11.4 Å². The van der Waals surface area contributed by atoms with E-state index < -0.39 is 4.92 Å². The first-order chi connectivity index (χ1) is 9.09. The van der Waals surface area contributed by atoms with Gasteiger partial charge in [-0.25, -0.2) is 0 Å². The molecule has 1 aromatic heterocycles. The summed E-state index contributed by atoms with van der Waals surface area (Å²) in [7, 11) is 0. The van der Waals surface area contributed by atoms with Crippen molar-refractivity contribution in [2.75, 3.05) is 5.73 Å². The Morgan fingerprint density at radius 1 is 1.11 bits per heavy atom. The summed E-state index contributed by atoms with van der Waals surface area (Å²) in [4.78, 5) is 25.2. The number of nitro benzene ring substituents is 1. The van der Waals surface area contributed by atoms with Gasteiger partial charge < -0.3 is 10.7 Å². The number of H-pyrrole nitrogens is 1. The van der Waals surface area contributed by atoms with E-state index in [1.807, 2.05) is 0 Å². The number of nitro groups is 1. The molecule has 0 unspecified atom stereocenters. The maximum atomic E-state index is 11.9. The molecule has 0 aliphatic rings. The minimum atomic E-state index is -0.525. The molecule has 0 atom stereocenters. The first-order valence-corrected chi connectivity index (χ1v) is 5.57. The highest BCUT2D eigenvalue weighted by atomic mass is 16.6. The Morgan fingerprint density at radius 3 is 2.47 bits per heavy atom. The molecule has 0 saturated carbocycles. The molecule has 0 saturated heterocycles. The predicted molar refractivity (Wildman–Crippen MR) is 73.1 cm³/mol. The van der Waals surface area contributed by atoms with E-state index in [0.29, 0.717) is 21.7 Å². The number of aromatic amines is 1. The smallest absolute Gasteiger partial charge is 0.301 e. The number of pyridine rings is 1. The van der Waals surface area contributed by atoms with Crippen molar-refractivity contribution in [3.63, 3.8) is 0 Å². The van der Waals surface area contributed by atoms with Crippen LogP contribution in [0.5, 0.6) is 0 Å². The molecule has 94 valence electrons. The van der Waals surface area contributed by atoms with Crippen molar-refractivity contribution in [3.8, 4) is 0 Å². The quantitative estimate of drug-likeness (QED) is 0.301. The molecule has 3 N–H and O–H groups in total. The van der Waals surface area contributed by atoms with E-state index in [1.54, 1.807) is 30.3 Å². The Kier molecular flexibility index (Phi) is 2.25. The number of nitrogens with two attached hydrogens (primary N) is 1. The van der Waals surface area contributed by atoms with Gasteiger partial charge in [0.25, 0.3) is 5.56 Å². The van der Waals surface area contributed by atoms with Gasteiger partial charge in [0, 0.05) is 10.8 Å². The molecule has 0 radical (unpaired) electrons. The zero-order chi connectivity index (χ0) is 13.6. The van der Waals surface area contributed by atoms with E-state index >= 15 is 0 Å². The number of nitrogens with zero attached hydrogens (tertiary/aromatic N) is 1. The Morgan fingerprint density at radius 2 is 1.79 bits per heavy atom. The number of hydrogen-bond acceptors (Lipinski definition) is 4. The van der Waals surface area contributed by atoms with Crippen LogP contribution in [0.1, 0.15) is 0 Å². The van der Waals surface area contributed by atoms with Crippen molar-refractivity contribution in [1.29, 1.82) is 0 Å². The lowest BCUT2D eigenvalue weighted by atomic mass is 10.0. The van der Waals surface area contributed by atoms with Gasteiger partial charge in [0.1, 0.15) is 5.69 Å². The number of anilines is 1. The fourth-order valence-corrected chi connectivity index (χ4v) is 2.27. The largest absolute Gasteiger partial charge is 0.393 e. The number of nitrogen functional groups attached to an aromatic ring is 1. The zero-order valence-corrected chi connectivity index (χ0v) is 9.71. The summed E-state index contributed by atoms with van der Waals surface area (Å²) in [6.07, 6.45) is 0. The highest BCUT2D eigenvalue weighted by Crippen LogP contribution is 2.34. The number of benzene rings is 2. The highest BCUT2D eigenvalue weighted by Gasteiger charge is 2.19. The van der Waals surface area contributed by atoms with E-state index in [1.165, 1.54) is 6.07 Å². The second kappa shape index (κ2) is 3.81. The lowest BCUT2D eigenvalue weighted by Crippen LogP contribution is -2.07. The Bertz CT molecular complexity index is 883. The summed E-state index contributed by atoms with van der Waals surface area (Å²) in [5.74, 6) is 0. The topological polar surface area (TPSA) is 102 Å². The average Bonchev–Trinajstić information content (AvgIpc) is 2.39. The molecule has 3 aromatic rings. The van der Waals surface area contributed by atoms with E-state index in [-0.39, 0.29) is 16.9 Å². The molecular formula is C13H9N3O3. The summed E-state index contributed by atoms with van der Waals surface area (Å²) in [5, 5.41) is 12.5. The molecule has 0 amide bonds. The number of fused-ring (bicyclic) bond motifs is 3. The van der Waals surface area contributed by atoms with Crippen LogP contribution in [0.2, 0.25) is 0 Å². The van der Waals surface area contributed by atoms with E-state index in [4.69, 9.17) is 5.73 Å². The van der Waals surface area contributed by atoms with Gasteiger partial charge in [-0.3, -0.25) is 14.9 Å². The SMILES string of the molecule is Nc1ccc2[nH]c(=O)c3ccccc3c2c1[N+](=O)[O-]. The van der Waals surface area contributed by atoms with Crippen molar-refractivity contribution in [2.45, 2.75) is 0 Å². The van der Waals surface area contributed by atoms with Gasteiger partial charge in [0.05, 0.1) is 15.8 Å². The van der Waals surface area contributed by atoms with Crippen LogP contribution in [0, 0.1) is 10.1 Å². The molecule has 6 nitrogen and oxygen atoms in total. The van der Waals surface area contributed by atoms with E-state index in [0.717, 1.165) is 0 Å². The fourth-order valence-electron chi connectivity index (χ4n) is 2.27. The number of hydrogen-bond donors (Lipinski definition) is 2. The minimum absolute atomic E-state index is 0.0784. The average molecular weight is 255 g/mol. The molecule has 0 bridgehead atoms. The summed E-state index contributed by atoms with van der Waals surface area (Å²) < 4.78 is 0. The summed E-state index contributed by atoms with van der Waals surface area (Å²) >= 11 is 0. The minimum Gasteiger partial charge on any atom is -0.393 e. The van der Waals surface area contributed by atoms with Crippen LogP contribution in [0.3, 0.4) is 0 Å². The van der Waals surface area contributed by atoms with Gasteiger partial charge in [-0.1, -0.05) is 18.2 Å². The van der Waals surface area contributed by atoms with E-state index in [9.17, 15) is 14.9 Å². The second-order valence-corrected chi connectivity index (χ2v) is 4.18. The fraction of sp³-hybridized carbons (Fsp3) is 0. The molecule has 1 heterocycles. The molecule has 0 fully saturated rings. The summed E-state index contributed by atoms with van der Waals surface area (Å²) in [6.45, 7) is 0. The molecule has 0 spiro atoms. The van der Waals surface area contributed by atoms with Gasteiger partial charge in [-0.15, -0.1) is 0 Å². The Labute approximate surface area is 106 Å². The Hall–Kier alpha value is -2.89. The Balaban J connectivity index is 2.69. The third kappa shape index (κ3) is 1.54. The monoisotopic (exact) mass is 255 g/mol. The van der Waals surface area contributed by atoms with Gasteiger partial charge >= 0.3 is 5.69 Å². The maximum Gasteiger partial charge on any atom is 0.301 e. The van der Waals surface area contributed by atoms with Crippen molar-refractivity contribution in [3.05, 3.63) is 56.9 Å². The number of nitrogens with one attached hydrogen (secondary N) is 1. The normalized spacial score (nSPS) is 10.9. The molecule has 19 heavy (non-hydrogen) atoms. The van der Waals surface area contributed by atoms with Crippen molar-refractivity contribution in [2.24, 2.45) is 0 Å². The maximum absolute atomic E-state index is 11.9. The third-order valence-corrected chi connectivity index (χ3v) is 3.08. The van der Waals surface area contributed by atoms with Gasteiger partial charge in [-0.2, -0.15) is 0 Å². The molecule has 0 aliphatic carbocycles. The van der Waals surface area contributed by atoms with Gasteiger partial charge in [0.15, 0.2) is 0 Å². The lowest BCUT2D eigenvalue weighted by Gasteiger charge is -2.06. The van der Waals surface area contributed by atoms with Crippen LogP contribution in [-0.4, -0.2) is 9.91 Å². The molecule has 2 aromatic carbocycles. The van der Waals surface area contributed by atoms with Crippen LogP contribution in [0.25, 0.3) is 21.7 Å². The molecule has 0 aliphatic heterocycles. The highest BCUT2D eigenvalue weighted by molar-refractivity contribution is 6.12. The van der Waals surface area contributed by atoms with Crippen LogP contribution >= 0.6 is 0 Å². The van der Waals surface area contributed by atoms with Crippen LogP contribution < -0.4 is 11.3 Å². The second-order valence-electron chi connectivity index (χ2n) is 4.18. The van der Waals surface area contributed by atoms with Gasteiger partial charge in [-0.05, 0) is 18.2 Å². The van der Waals surface area contributed by atoms with Crippen LogP contribution in [-0.2, 0) is 0 Å². The van der Waals surface area contributed by atoms with Crippen LogP contribution in [0.15, 0.2) is 41.2 Å².